The van der Waals surface area contributed by atoms with Crippen molar-refractivity contribution in [3.8, 4) is 6.07 Å². The molecule has 1 aromatic carbocycles. The third-order valence-corrected chi connectivity index (χ3v) is 3.78. The predicted molar refractivity (Wildman–Crippen MR) is 70.5 cm³/mol. The lowest BCUT2D eigenvalue weighted by Crippen LogP contribution is -2.19. The number of aromatic amines is 1. The molecule has 1 aliphatic rings. The van der Waals surface area contributed by atoms with E-state index >= 15 is 0 Å². The van der Waals surface area contributed by atoms with Crippen LogP contribution in [0, 0.1) is 11.3 Å². The van der Waals surface area contributed by atoms with Gasteiger partial charge in [0.1, 0.15) is 6.07 Å². The smallest absolute Gasteiger partial charge is 0.336 e. The standard InChI is InChI=1S/C14H11N3O3/c15-4-6-5-17-12-8-3-1-2-7(8)10(14(19)20)11(9(6)12)13(16)18/h5,17H,1-3H2,(H2,16,18)(H,19,20). The highest BCUT2D eigenvalue weighted by Gasteiger charge is 2.30. The van der Waals surface area contributed by atoms with Gasteiger partial charge in [0.2, 0.25) is 5.91 Å². The van der Waals surface area contributed by atoms with Crippen LogP contribution in [-0.2, 0) is 12.8 Å². The molecule has 6 heteroatoms. The van der Waals surface area contributed by atoms with E-state index < -0.39 is 11.9 Å². The molecule has 0 unspecified atom stereocenters. The van der Waals surface area contributed by atoms with Gasteiger partial charge in [0.15, 0.2) is 0 Å². The number of nitrogens with two attached hydrogens (primary N) is 1. The number of aromatic carboxylic acids is 1. The first-order chi connectivity index (χ1) is 9.56. The van der Waals surface area contributed by atoms with Crippen LogP contribution in [0.5, 0.6) is 0 Å². The number of carboxylic acid groups (broad SMARTS) is 1. The van der Waals surface area contributed by atoms with Crippen molar-refractivity contribution in [2.24, 2.45) is 5.73 Å². The maximum Gasteiger partial charge on any atom is 0.336 e. The molecule has 0 aliphatic heterocycles. The van der Waals surface area contributed by atoms with Crippen LogP contribution in [-0.4, -0.2) is 22.0 Å². The van der Waals surface area contributed by atoms with E-state index in [1.54, 1.807) is 0 Å². The van der Waals surface area contributed by atoms with Gasteiger partial charge < -0.3 is 15.8 Å². The summed E-state index contributed by atoms with van der Waals surface area (Å²) in [6.45, 7) is 0. The van der Waals surface area contributed by atoms with Gasteiger partial charge in [-0.05, 0) is 30.4 Å². The van der Waals surface area contributed by atoms with Gasteiger partial charge in [-0.15, -0.1) is 0 Å². The number of carbonyl (C=O) groups excluding carboxylic acids is 1. The fraction of sp³-hybridized carbons (Fsp3) is 0.214. The van der Waals surface area contributed by atoms with Crippen molar-refractivity contribution in [1.29, 1.82) is 5.26 Å². The van der Waals surface area contributed by atoms with E-state index in [9.17, 15) is 14.7 Å². The zero-order valence-electron chi connectivity index (χ0n) is 10.5. The van der Waals surface area contributed by atoms with Crippen LogP contribution in [0.2, 0.25) is 0 Å². The molecule has 0 saturated carbocycles. The first kappa shape index (κ1) is 12.2. The van der Waals surface area contributed by atoms with Gasteiger partial charge in [-0.3, -0.25) is 4.79 Å². The number of nitrogens with zero attached hydrogens (tertiary/aromatic N) is 1. The minimum atomic E-state index is -1.18. The van der Waals surface area contributed by atoms with E-state index in [1.165, 1.54) is 6.20 Å². The van der Waals surface area contributed by atoms with Crippen molar-refractivity contribution >= 4 is 22.8 Å². The van der Waals surface area contributed by atoms with Crippen LogP contribution >= 0.6 is 0 Å². The van der Waals surface area contributed by atoms with E-state index in [2.05, 4.69) is 4.98 Å². The average Bonchev–Trinajstić information content (AvgIpc) is 3.01. The minimum absolute atomic E-state index is 0.0476. The van der Waals surface area contributed by atoms with Crippen LogP contribution in [0.4, 0.5) is 0 Å². The molecule has 0 atom stereocenters. The normalized spacial score (nSPS) is 13.2. The first-order valence-electron chi connectivity index (χ1n) is 6.18. The summed E-state index contributed by atoms with van der Waals surface area (Å²) in [6, 6.07) is 1.97. The van der Waals surface area contributed by atoms with E-state index in [1.807, 2.05) is 6.07 Å². The summed E-state index contributed by atoms with van der Waals surface area (Å²) < 4.78 is 0. The zero-order valence-corrected chi connectivity index (χ0v) is 10.5. The van der Waals surface area contributed by atoms with Crippen molar-refractivity contribution in [3.05, 3.63) is 34.0 Å². The van der Waals surface area contributed by atoms with Gasteiger partial charge in [0.05, 0.1) is 22.2 Å². The summed E-state index contributed by atoms with van der Waals surface area (Å²) in [5, 5.41) is 18.9. The van der Waals surface area contributed by atoms with Crippen molar-refractivity contribution in [3.63, 3.8) is 0 Å². The molecule has 2 aromatic rings. The van der Waals surface area contributed by atoms with Crippen LogP contribution in [0.15, 0.2) is 6.20 Å². The fourth-order valence-corrected chi connectivity index (χ4v) is 3.06. The number of hydrogen-bond acceptors (Lipinski definition) is 3. The molecule has 1 amide bonds. The zero-order chi connectivity index (χ0) is 14.4. The number of aromatic nitrogens is 1. The molecular weight excluding hydrogens is 258 g/mol. The number of hydrogen-bond donors (Lipinski definition) is 3. The van der Waals surface area contributed by atoms with Crippen LogP contribution in [0.1, 0.15) is 43.8 Å². The Balaban J connectivity index is 2.59. The second-order valence-electron chi connectivity index (χ2n) is 4.79. The Hall–Kier alpha value is -2.81. The van der Waals surface area contributed by atoms with E-state index in [0.29, 0.717) is 22.9 Å². The third kappa shape index (κ3) is 1.43. The molecule has 0 bridgehead atoms. The number of carbonyl (C=O) groups is 2. The lowest BCUT2D eigenvalue weighted by atomic mass is 9.92. The minimum Gasteiger partial charge on any atom is -0.478 e. The molecule has 0 saturated heterocycles. The SMILES string of the molecule is N#Cc1c[nH]c2c3c(c(C(=O)O)c(C(N)=O)c12)CCC3. The largest absolute Gasteiger partial charge is 0.478 e. The van der Waals surface area contributed by atoms with Gasteiger partial charge in [-0.25, -0.2) is 4.79 Å². The lowest BCUT2D eigenvalue weighted by Gasteiger charge is -2.11. The summed E-state index contributed by atoms with van der Waals surface area (Å²) in [5.74, 6) is -2.00. The Morgan fingerprint density at radius 3 is 2.60 bits per heavy atom. The quantitative estimate of drug-likeness (QED) is 0.761. The molecule has 20 heavy (non-hydrogen) atoms. The van der Waals surface area contributed by atoms with Crippen LogP contribution in [0.3, 0.4) is 0 Å². The summed E-state index contributed by atoms with van der Waals surface area (Å²) in [7, 11) is 0. The molecule has 4 N–H and O–H groups in total. The highest BCUT2D eigenvalue weighted by molar-refractivity contribution is 6.16. The van der Waals surface area contributed by atoms with Gasteiger partial charge in [-0.1, -0.05) is 0 Å². The number of benzene rings is 1. The van der Waals surface area contributed by atoms with E-state index in [0.717, 1.165) is 18.4 Å². The Morgan fingerprint density at radius 2 is 2.00 bits per heavy atom. The van der Waals surface area contributed by atoms with E-state index in [-0.39, 0.29) is 16.7 Å². The van der Waals surface area contributed by atoms with Crippen LogP contribution in [0.25, 0.3) is 10.9 Å². The number of nitrogens with one attached hydrogen (secondary N) is 1. The second-order valence-corrected chi connectivity index (χ2v) is 4.79. The maximum atomic E-state index is 11.7. The lowest BCUT2D eigenvalue weighted by molar-refractivity contribution is 0.0691. The Kier molecular flexibility index (Phi) is 2.51. The van der Waals surface area contributed by atoms with Crippen molar-refractivity contribution < 1.29 is 14.7 Å². The summed E-state index contributed by atoms with van der Waals surface area (Å²) >= 11 is 0. The Labute approximate surface area is 113 Å². The molecule has 1 aliphatic carbocycles. The van der Waals surface area contributed by atoms with Gasteiger partial charge in [0.25, 0.3) is 0 Å². The Bertz CT molecular complexity index is 811. The predicted octanol–water partition coefficient (Wildman–Crippen LogP) is 1.33. The maximum absolute atomic E-state index is 11.7. The number of fused-ring (bicyclic) bond motifs is 3. The number of nitriles is 1. The fourth-order valence-electron chi connectivity index (χ4n) is 3.06. The van der Waals surface area contributed by atoms with E-state index in [4.69, 9.17) is 11.0 Å². The highest BCUT2D eigenvalue weighted by Crippen LogP contribution is 2.37. The summed E-state index contributed by atoms with van der Waals surface area (Å²) in [6.07, 6.45) is 3.65. The number of primary amides is 1. The molecule has 0 fully saturated rings. The van der Waals surface area contributed by atoms with Gasteiger partial charge >= 0.3 is 5.97 Å². The van der Waals surface area contributed by atoms with Crippen molar-refractivity contribution in [2.75, 3.05) is 0 Å². The van der Waals surface area contributed by atoms with Crippen LogP contribution < -0.4 is 5.73 Å². The molecule has 6 nitrogen and oxygen atoms in total. The highest BCUT2D eigenvalue weighted by atomic mass is 16.4. The Morgan fingerprint density at radius 1 is 1.30 bits per heavy atom. The number of aryl methyl sites for hydroxylation is 1. The van der Waals surface area contributed by atoms with Crippen molar-refractivity contribution in [1.82, 2.24) is 4.98 Å². The summed E-state index contributed by atoms with van der Waals surface area (Å²) in [5.41, 5.74) is 7.70. The average molecular weight is 269 g/mol. The molecule has 1 heterocycles. The molecule has 3 rings (SSSR count). The molecule has 100 valence electrons. The molecule has 0 spiro atoms. The molecule has 1 aromatic heterocycles. The topological polar surface area (TPSA) is 120 Å². The monoisotopic (exact) mass is 269 g/mol. The van der Waals surface area contributed by atoms with Crippen molar-refractivity contribution in [2.45, 2.75) is 19.3 Å². The molecule has 0 radical (unpaired) electrons. The number of rotatable bonds is 2. The third-order valence-electron chi connectivity index (χ3n) is 3.78. The van der Waals surface area contributed by atoms with Gasteiger partial charge in [-0.2, -0.15) is 5.26 Å². The number of carboxylic acids is 1. The number of H-pyrrole nitrogens is 1. The second kappa shape index (κ2) is 4.10. The number of amides is 1. The summed E-state index contributed by atoms with van der Waals surface area (Å²) in [4.78, 5) is 26.3. The first-order valence-corrected chi connectivity index (χ1v) is 6.18. The van der Waals surface area contributed by atoms with Gasteiger partial charge in [0, 0.05) is 11.6 Å². The molecular formula is C14H11N3O3.